The Labute approximate surface area is 220 Å². The van der Waals surface area contributed by atoms with Gasteiger partial charge in [0.2, 0.25) is 0 Å². The van der Waals surface area contributed by atoms with Gasteiger partial charge in [-0.15, -0.1) is 16.4 Å². The minimum atomic E-state index is -4.51. The number of alkyl halides is 3. The Hall–Kier alpha value is -4.03. The molecule has 0 aliphatic rings. The summed E-state index contributed by atoms with van der Waals surface area (Å²) >= 11 is 1.52. The van der Waals surface area contributed by atoms with Crippen molar-refractivity contribution in [1.82, 2.24) is 25.6 Å². The third-order valence-electron chi connectivity index (χ3n) is 5.47. The van der Waals surface area contributed by atoms with Gasteiger partial charge in [0, 0.05) is 10.4 Å². The number of carbonyl (C=O) groups is 2. The Morgan fingerprint density at radius 3 is 2.39 bits per heavy atom. The summed E-state index contributed by atoms with van der Waals surface area (Å²) in [6, 6.07) is 18.8. The van der Waals surface area contributed by atoms with Gasteiger partial charge in [-0.05, 0) is 48.2 Å². The molecule has 8 nitrogen and oxygen atoms in total. The molecule has 0 fully saturated rings. The molecule has 0 radical (unpaired) electrons. The minimum absolute atomic E-state index is 0.00580. The molecule has 0 saturated heterocycles. The van der Waals surface area contributed by atoms with E-state index < -0.39 is 24.5 Å². The molecule has 2 aromatic heterocycles. The quantitative estimate of drug-likeness (QED) is 0.299. The third-order valence-corrected chi connectivity index (χ3v) is 6.52. The van der Waals surface area contributed by atoms with E-state index in [0.29, 0.717) is 11.4 Å². The van der Waals surface area contributed by atoms with E-state index in [1.807, 2.05) is 60.1 Å². The van der Waals surface area contributed by atoms with Crippen molar-refractivity contribution in [1.29, 1.82) is 0 Å². The predicted octanol–water partition coefficient (Wildman–Crippen LogP) is 4.83. The Morgan fingerprint density at radius 2 is 1.74 bits per heavy atom. The molecule has 2 aromatic carbocycles. The maximum absolute atomic E-state index is 13.1. The van der Waals surface area contributed by atoms with Crippen molar-refractivity contribution in [3.05, 3.63) is 99.5 Å². The largest absolute Gasteiger partial charge is 0.405 e. The number of aromatic nitrogens is 3. The van der Waals surface area contributed by atoms with Crippen LogP contribution < -0.4 is 10.6 Å². The van der Waals surface area contributed by atoms with Crippen molar-refractivity contribution in [3.63, 3.8) is 0 Å². The number of amides is 2. The van der Waals surface area contributed by atoms with E-state index >= 15 is 0 Å². The molecule has 198 valence electrons. The second kappa shape index (κ2) is 12.0. The second-order valence-corrected chi connectivity index (χ2v) is 9.31. The third kappa shape index (κ3) is 7.05. The summed E-state index contributed by atoms with van der Waals surface area (Å²) in [6.45, 7) is 0.729. The SMILES string of the molecule is CC(NC(=O)c1nnn(-c2ccc(C(=O)NCC(F)(F)F)cc2)c1COCc1ccccc1)c1cccs1. The zero-order valence-electron chi connectivity index (χ0n) is 20.2. The lowest BCUT2D eigenvalue weighted by atomic mass is 10.2. The molecule has 0 aliphatic heterocycles. The lowest BCUT2D eigenvalue weighted by Crippen LogP contribution is -2.33. The van der Waals surface area contributed by atoms with Crippen LogP contribution in [0.15, 0.2) is 72.1 Å². The summed E-state index contributed by atoms with van der Waals surface area (Å²) < 4.78 is 44.5. The summed E-state index contributed by atoms with van der Waals surface area (Å²) in [6.07, 6.45) is -4.51. The van der Waals surface area contributed by atoms with Gasteiger partial charge in [0.25, 0.3) is 11.8 Å². The van der Waals surface area contributed by atoms with Crippen LogP contribution in [0.2, 0.25) is 0 Å². The second-order valence-electron chi connectivity index (χ2n) is 8.33. The number of nitrogens with zero attached hydrogens (tertiary/aromatic N) is 3. The highest BCUT2D eigenvalue weighted by molar-refractivity contribution is 7.10. The lowest BCUT2D eigenvalue weighted by molar-refractivity contribution is -0.123. The normalized spacial score (nSPS) is 12.2. The van der Waals surface area contributed by atoms with Crippen LogP contribution >= 0.6 is 11.3 Å². The van der Waals surface area contributed by atoms with E-state index in [2.05, 4.69) is 15.6 Å². The van der Waals surface area contributed by atoms with Gasteiger partial charge in [-0.1, -0.05) is 41.6 Å². The van der Waals surface area contributed by atoms with Crippen LogP contribution in [0.1, 0.15) is 49.9 Å². The van der Waals surface area contributed by atoms with Crippen LogP contribution in [-0.4, -0.2) is 39.5 Å². The van der Waals surface area contributed by atoms with E-state index in [9.17, 15) is 22.8 Å². The Balaban J connectivity index is 1.55. The zero-order chi connectivity index (χ0) is 27.1. The molecule has 38 heavy (non-hydrogen) atoms. The minimum Gasteiger partial charge on any atom is -0.370 e. The number of halogens is 3. The first-order valence-corrected chi connectivity index (χ1v) is 12.4. The molecule has 0 aliphatic carbocycles. The van der Waals surface area contributed by atoms with Crippen LogP contribution in [0.25, 0.3) is 5.69 Å². The zero-order valence-corrected chi connectivity index (χ0v) is 21.1. The van der Waals surface area contributed by atoms with Gasteiger partial charge >= 0.3 is 6.18 Å². The van der Waals surface area contributed by atoms with Gasteiger partial charge in [-0.3, -0.25) is 9.59 Å². The first-order valence-electron chi connectivity index (χ1n) is 11.6. The Kier molecular flexibility index (Phi) is 8.54. The highest BCUT2D eigenvalue weighted by Crippen LogP contribution is 2.21. The molecule has 0 bridgehead atoms. The van der Waals surface area contributed by atoms with Gasteiger partial charge in [0.1, 0.15) is 12.2 Å². The van der Waals surface area contributed by atoms with Gasteiger partial charge in [-0.2, -0.15) is 13.2 Å². The van der Waals surface area contributed by atoms with E-state index in [1.165, 1.54) is 40.3 Å². The van der Waals surface area contributed by atoms with Crippen molar-refractivity contribution in [2.75, 3.05) is 6.54 Å². The number of benzene rings is 2. The van der Waals surface area contributed by atoms with Crippen LogP contribution in [-0.2, 0) is 18.0 Å². The number of hydrogen-bond donors (Lipinski definition) is 2. The molecule has 0 spiro atoms. The molecule has 12 heteroatoms. The molecule has 1 atom stereocenters. The van der Waals surface area contributed by atoms with Crippen molar-refractivity contribution in [2.45, 2.75) is 32.4 Å². The first kappa shape index (κ1) is 27.0. The van der Waals surface area contributed by atoms with E-state index in [1.54, 1.807) is 0 Å². The summed E-state index contributed by atoms with van der Waals surface area (Å²) in [7, 11) is 0. The fourth-order valence-corrected chi connectivity index (χ4v) is 4.30. The molecule has 0 saturated carbocycles. The standard InChI is InChI=1S/C26H24F3N5O3S/c1-17(22-8-5-13-38-22)31-25(36)23-21(15-37-14-18-6-3-2-4-7-18)34(33-32-23)20-11-9-19(10-12-20)24(35)30-16-26(27,28)29/h2-13,17H,14-16H2,1H3,(H,30,35)(H,31,36). The fraction of sp³-hybridized carbons (Fsp3) is 0.231. The van der Waals surface area contributed by atoms with E-state index in [4.69, 9.17) is 4.74 Å². The smallest absolute Gasteiger partial charge is 0.370 e. The van der Waals surface area contributed by atoms with Crippen LogP contribution in [0.3, 0.4) is 0 Å². The van der Waals surface area contributed by atoms with E-state index in [-0.39, 0.29) is 30.5 Å². The fourth-order valence-electron chi connectivity index (χ4n) is 3.57. The van der Waals surface area contributed by atoms with Gasteiger partial charge in [0.05, 0.1) is 24.9 Å². The van der Waals surface area contributed by atoms with Crippen molar-refractivity contribution in [2.24, 2.45) is 0 Å². The van der Waals surface area contributed by atoms with Gasteiger partial charge < -0.3 is 15.4 Å². The summed E-state index contributed by atoms with van der Waals surface area (Å²) in [4.78, 5) is 26.2. The Bertz CT molecular complexity index is 1360. The number of rotatable bonds is 10. The molecule has 2 heterocycles. The van der Waals surface area contributed by atoms with Crippen molar-refractivity contribution >= 4 is 23.2 Å². The van der Waals surface area contributed by atoms with Crippen molar-refractivity contribution in [3.8, 4) is 5.69 Å². The number of thiophene rings is 1. The number of carbonyl (C=O) groups excluding carboxylic acids is 2. The maximum atomic E-state index is 13.1. The molecule has 2 N–H and O–H groups in total. The molecular formula is C26H24F3N5O3S. The van der Waals surface area contributed by atoms with Crippen LogP contribution in [0, 0.1) is 0 Å². The number of nitrogens with one attached hydrogen (secondary N) is 2. The highest BCUT2D eigenvalue weighted by atomic mass is 32.1. The monoisotopic (exact) mass is 543 g/mol. The summed E-state index contributed by atoms with van der Waals surface area (Å²) in [5, 5.41) is 14.9. The molecule has 4 rings (SSSR count). The first-order chi connectivity index (χ1) is 18.2. The summed E-state index contributed by atoms with van der Waals surface area (Å²) in [5.41, 5.74) is 1.90. The highest BCUT2D eigenvalue weighted by Gasteiger charge is 2.28. The van der Waals surface area contributed by atoms with Crippen LogP contribution in [0.4, 0.5) is 13.2 Å². The molecule has 1 unspecified atom stereocenters. The average Bonchev–Trinajstić information content (AvgIpc) is 3.58. The predicted molar refractivity (Wildman–Crippen MR) is 135 cm³/mol. The molecular weight excluding hydrogens is 519 g/mol. The number of ether oxygens (including phenoxy) is 1. The summed E-state index contributed by atoms with van der Waals surface area (Å²) in [5.74, 6) is -1.29. The number of hydrogen-bond acceptors (Lipinski definition) is 6. The molecule has 4 aromatic rings. The Morgan fingerprint density at radius 1 is 1.00 bits per heavy atom. The van der Waals surface area contributed by atoms with Crippen LogP contribution in [0.5, 0.6) is 0 Å². The average molecular weight is 544 g/mol. The lowest BCUT2D eigenvalue weighted by Gasteiger charge is -2.13. The van der Waals surface area contributed by atoms with Gasteiger partial charge in [-0.25, -0.2) is 4.68 Å². The van der Waals surface area contributed by atoms with Gasteiger partial charge in [0.15, 0.2) is 5.69 Å². The maximum Gasteiger partial charge on any atom is 0.405 e. The van der Waals surface area contributed by atoms with Crippen molar-refractivity contribution < 1.29 is 27.5 Å². The van der Waals surface area contributed by atoms with E-state index in [0.717, 1.165) is 10.4 Å². The molecule has 2 amide bonds. The topological polar surface area (TPSA) is 98.1 Å².